The van der Waals surface area contributed by atoms with E-state index in [4.69, 9.17) is 14.2 Å². The van der Waals surface area contributed by atoms with E-state index in [0.717, 1.165) is 35.6 Å². The van der Waals surface area contributed by atoms with Gasteiger partial charge in [0.25, 0.3) is 10.0 Å². The maximum Gasteiger partial charge on any atom is 0.264 e. The summed E-state index contributed by atoms with van der Waals surface area (Å²) in [4.78, 5) is 28.9. The quantitative estimate of drug-likeness (QED) is 0.306. The summed E-state index contributed by atoms with van der Waals surface area (Å²) in [5.74, 6) is 0.395. The lowest BCUT2D eigenvalue weighted by atomic mass is 10.1. The highest BCUT2D eigenvalue weighted by atomic mass is 32.2. The van der Waals surface area contributed by atoms with Gasteiger partial charge >= 0.3 is 0 Å². The third-order valence-electron chi connectivity index (χ3n) is 7.62. The first-order chi connectivity index (χ1) is 20.7. The number of para-hydroxylation sites is 1. The molecule has 1 aliphatic rings. The van der Waals surface area contributed by atoms with Gasteiger partial charge in [-0.25, -0.2) is 8.42 Å². The summed E-state index contributed by atoms with van der Waals surface area (Å²) in [7, 11) is 0.171. The molecule has 0 heterocycles. The summed E-state index contributed by atoms with van der Waals surface area (Å²) in [6.45, 7) is 1.21. The number of methoxy groups -OCH3 is 3. The Hall–Kier alpha value is -4.25. The fourth-order valence-electron chi connectivity index (χ4n) is 5.17. The summed E-state index contributed by atoms with van der Waals surface area (Å²) in [5.41, 5.74) is 1.04. The lowest BCUT2D eigenvalue weighted by Gasteiger charge is -2.32. The highest BCUT2D eigenvalue weighted by molar-refractivity contribution is 7.92. The van der Waals surface area contributed by atoms with Crippen LogP contribution in [0.5, 0.6) is 17.2 Å². The van der Waals surface area contributed by atoms with Crippen LogP contribution < -0.4 is 23.8 Å². The molecular formula is C32H39N3O7S. The summed E-state index contributed by atoms with van der Waals surface area (Å²) < 4.78 is 45.2. The minimum atomic E-state index is -4.26. The Morgan fingerprint density at radius 1 is 0.884 bits per heavy atom. The minimum absolute atomic E-state index is 0.0648. The summed E-state index contributed by atoms with van der Waals surface area (Å²) >= 11 is 0. The molecule has 0 bridgehead atoms. The van der Waals surface area contributed by atoms with Crippen LogP contribution in [-0.4, -0.2) is 65.1 Å². The van der Waals surface area contributed by atoms with E-state index in [0.29, 0.717) is 17.2 Å². The Kier molecular flexibility index (Phi) is 10.5. The van der Waals surface area contributed by atoms with E-state index in [1.807, 2.05) is 6.07 Å². The number of ether oxygens (including phenoxy) is 3. The Morgan fingerprint density at radius 3 is 2.23 bits per heavy atom. The smallest absolute Gasteiger partial charge is 0.264 e. The first-order valence-corrected chi connectivity index (χ1v) is 15.6. The van der Waals surface area contributed by atoms with Crippen molar-refractivity contribution in [3.63, 3.8) is 0 Å². The van der Waals surface area contributed by atoms with Crippen molar-refractivity contribution < 1.29 is 32.2 Å². The monoisotopic (exact) mass is 609 g/mol. The van der Waals surface area contributed by atoms with Crippen LogP contribution in [0.1, 0.15) is 38.2 Å². The molecule has 1 atom stereocenters. The molecule has 1 saturated carbocycles. The van der Waals surface area contributed by atoms with Gasteiger partial charge in [0.15, 0.2) is 11.5 Å². The second-order valence-corrected chi connectivity index (χ2v) is 12.3. The van der Waals surface area contributed by atoms with Crippen LogP contribution in [0.2, 0.25) is 0 Å². The van der Waals surface area contributed by atoms with Crippen molar-refractivity contribution in [1.29, 1.82) is 0 Å². The molecule has 3 aromatic rings. The molecule has 1 aliphatic carbocycles. The summed E-state index contributed by atoms with van der Waals surface area (Å²) in [6, 6.07) is 19.1. The number of benzene rings is 3. The topological polar surface area (TPSA) is 114 Å². The first kappa shape index (κ1) is 31.7. The average Bonchev–Trinajstić information content (AvgIpc) is 3.55. The number of carbonyl (C=O) groups is 2. The number of hydrogen-bond acceptors (Lipinski definition) is 7. The molecule has 0 aromatic heterocycles. The van der Waals surface area contributed by atoms with E-state index in [2.05, 4.69) is 5.32 Å². The number of sulfonamides is 1. The molecule has 4 rings (SSSR count). The van der Waals surface area contributed by atoms with Crippen LogP contribution in [0.25, 0.3) is 0 Å². The van der Waals surface area contributed by atoms with Crippen molar-refractivity contribution in [3.05, 3.63) is 78.4 Å². The molecule has 0 radical (unpaired) electrons. The van der Waals surface area contributed by atoms with Gasteiger partial charge in [0.2, 0.25) is 11.8 Å². The number of carbonyl (C=O) groups excluding carboxylic acids is 2. The summed E-state index contributed by atoms with van der Waals surface area (Å²) in [5, 5.41) is 3.07. The standard InChI is InChI=1S/C32H39N3O7S/c1-23(32(37)33-25-12-8-9-13-25)34(21-24-11-10-16-27(19-24)40-2)31(36)22-35(26-14-6-5-7-15-26)43(38,39)28-17-18-29(41-3)30(20-28)42-4/h5-7,10-11,14-20,23,25H,8-9,12-13,21-22H2,1-4H3,(H,33,37)/t23-/m1/s1. The second-order valence-electron chi connectivity index (χ2n) is 10.4. The largest absolute Gasteiger partial charge is 0.497 e. The Bertz CT molecular complexity index is 1510. The van der Waals surface area contributed by atoms with E-state index in [1.165, 1.54) is 37.3 Å². The molecule has 2 amide bonds. The molecule has 0 aliphatic heterocycles. The zero-order valence-electron chi connectivity index (χ0n) is 25.0. The SMILES string of the molecule is COc1cccc(CN(C(=O)CN(c2ccccc2)S(=O)(=O)c2ccc(OC)c(OC)c2)[C@H](C)C(=O)NC2CCCC2)c1. The van der Waals surface area contributed by atoms with Crippen molar-refractivity contribution in [1.82, 2.24) is 10.2 Å². The van der Waals surface area contributed by atoms with E-state index in [-0.39, 0.29) is 29.1 Å². The second kappa shape index (κ2) is 14.3. The number of rotatable bonds is 13. The highest BCUT2D eigenvalue weighted by Gasteiger charge is 2.33. The van der Waals surface area contributed by atoms with Gasteiger partial charge in [0.1, 0.15) is 18.3 Å². The van der Waals surface area contributed by atoms with E-state index < -0.39 is 28.5 Å². The molecule has 230 valence electrons. The maximum absolute atomic E-state index is 14.1. The van der Waals surface area contributed by atoms with Crippen molar-refractivity contribution in [3.8, 4) is 17.2 Å². The van der Waals surface area contributed by atoms with Crippen molar-refractivity contribution >= 4 is 27.5 Å². The lowest BCUT2D eigenvalue weighted by Crippen LogP contribution is -2.52. The number of amides is 2. The normalized spacial score (nSPS) is 14.0. The van der Waals surface area contributed by atoms with Gasteiger partial charge in [0.05, 0.1) is 31.9 Å². The molecule has 0 spiro atoms. The van der Waals surface area contributed by atoms with Crippen LogP contribution in [0.15, 0.2) is 77.7 Å². The maximum atomic E-state index is 14.1. The van der Waals surface area contributed by atoms with Crippen LogP contribution in [0, 0.1) is 0 Å². The molecule has 0 unspecified atom stereocenters. The third-order valence-corrected chi connectivity index (χ3v) is 9.39. The molecule has 1 fully saturated rings. The number of hydrogen-bond donors (Lipinski definition) is 1. The number of anilines is 1. The highest BCUT2D eigenvalue weighted by Crippen LogP contribution is 2.32. The molecule has 43 heavy (non-hydrogen) atoms. The molecular weight excluding hydrogens is 570 g/mol. The molecule has 3 aromatic carbocycles. The Morgan fingerprint density at radius 2 is 1.58 bits per heavy atom. The van der Waals surface area contributed by atoms with Crippen molar-refractivity contribution in [2.24, 2.45) is 0 Å². The van der Waals surface area contributed by atoms with Gasteiger partial charge in [0, 0.05) is 18.7 Å². The predicted octanol–water partition coefficient (Wildman–Crippen LogP) is 4.38. The average molecular weight is 610 g/mol. The van der Waals surface area contributed by atoms with Gasteiger partial charge in [-0.05, 0) is 61.7 Å². The first-order valence-electron chi connectivity index (χ1n) is 14.2. The third kappa shape index (κ3) is 7.59. The van der Waals surface area contributed by atoms with E-state index in [1.54, 1.807) is 62.6 Å². The van der Waals surface area contributed by atoms with Crippen molar-refractivity contribution in [2.45, 2.75) is 56.1 Å². The molecule has 1 N–H and O–H groups in total. The zero-order valence-corrected chi connectivity index (χ0v) is 25.8. The van der Waals surface area contributed by atoms with Crippen LogP contribution in [-0.2, 0) is 26.2 Å². The van der Waals surface area contributed by atoms with Crippen LogP contribution >= 0.6 is 0 Å². The van der Waals surface area contributed by atoms with Gasteiger partial charge < -0.3 is 24.4 Å². The molecule has 0 saturated heterocycles. The van der Waals surface area contributed by atoms with Gasteiger partial charge in [-0.1, -0.05) is 43.2 Å². The Balaban J connectivity index is 1.70. The molecule has 10 nitrogen and oxygen atoms in total. The number of nitrogens with zero attached hydrogens (tertiary/aromatic N) is 2. The van der Waals surface area contributed by atoms with E-state index >= 15 is 0 Å². The van der Waals surface area contributed by atoms with Crippen LogP contribution in [0.3, 0.4) is 0 Å². The van der Waals surface area contributed by atoms with E-state index in [9.17, 15) is 18.0 Å². The minimum Gasteiger partial charge on any atom is -0.497 e. The van der Waals surface area contributed by atoms with Gasteiger partial charge in [-0.3, -0.25) is 13.9 Å². The van der Waals surface area contributed by atoms with Gasteiger partial charge in [-0.15, -0.1) is 0 Å². The molecule has 11 heteroatoms. The van der Waals surface area contributed by atoms with Crippen LogP contribution in [0.4, 0.5) is 5.69 Å². The summed E-state index contributed by atoms with van der Waals surface area (Å²) in [6.07, 6.45) is 3.89. The number of nitrogens with one attached hydrogen (secondary N) is 1. The zero-order chi connectivity index (χ0) is 31.0. The Labute approximate surface area is 253 Å². The fraction of sp³-hybridized carbons (Fsp3) is 0.375. The van der Waals surface area contributed by atoms with Gasteiger partial charge in [-0.2, -0.15) is 0 Å². The van der Waals surface area contributed by atoms with Crippen molar-refractivity contribution in [2.75, 3.05) is 32.2 Å². The fourth-order valence-corrected chi connectivity index (χ4v) is 6.60. The predicted molar refractivity (Wildman–Crippen MR) is 164 cm³/mol. The lowest BCUT2D eigenvalue weighted by molar-refractivity contribution is -0.139.